The third-order valence-corrected chi connectivity index (χ3v) is 9.53. The quantitative estimate of drug-likeness (QED) is 0.0803. The number of hydrogen-bond donors (Lipinski definition) is 6. The van der Waals surface area contributed by atoms with Gasteiger partial charge in [-0.2, -0.15) is 9.97 Å². The number of nitrogens with one attached hydrogen (secondary N) is 3. The van der Waals surface area contributed by atoms with Crippen LogP contribution in [0.3, 0.4) is 0 Å². The summed E-state index contributed by atoms with van der Waals surface area (Å²) in [5.74, 6) is 1.75. The van der Waals surface area contributed by atoms with Crippen molar-refractivity contribution in [1.82, 2.24) is 36.6 Å². The van der Waals surface area contributed by atoms with Crippen molar-refractivity contribution in [2.75, 3.05) is 0 Å². The van der Waals surface area contributed by atoms with Gasteiger partial charge < -0.3 is 24.8 Å². The Labute approximate surface area is 300 Å². The third kappa shape index (κ3) is 16.5. The van der Waals surface area contributed by atoms with Gasteiger partial charge in [-0.1, -0.05) is 100 Å². The van der Waals surface area contributed by atoms with E-state index in [1.165, 1.54) is 70.6 Å². The predicted molar refractivity (Wildman–Crippen MR) is 185 cm³/mol. The summed E-state index contributed by atoms with van der Waals surface area (Å²) in [5, 5.41) is 27.8. The molecule has 0 radical (unpaired) electrons. The second-order valence-corrected chi connectivity index (χ2v) is 14.9. The summed E-state index contributed by atoms with van der Waals surface area (Å²) in [6.07, 6.45) is 18.6. The second kappa shape index (κ2) is 22.3. The van der Waals surface area contributed by atoms with Crippen LogP contribution in [0.15, 0.2) is 9.05 Å². The Balaban J connectivity index is 0.000000286. The first-order valence-electron chi connectivity index (χ1n) is 18.7. The van der Waals surface area contributed by atoms with Gasteiger partial charge in [-0.15, -0.1) is 0 Å². The van der Waals surface area contributed by atoms with Gasteiger partial charge in [0.05, 0.1) is 13.1 Å². The molecular weight excluding hydrogens is 660 g/mol. The standard InChI is InChI=1S/C20H34N4O5.C15H26N4O3/c1-20(2,3)28-19(26)21-13-16-22-18(29-24-16)15(12-17(25)23-27)11-7-10-14-8-5-4-6-9-14;16-10-13-17-15(22-19-13)12(9-14(20)18-21)8-4-7-11-5-2-1-3-6-11/h14-15,27H,4-13H2,1-3H3,(H,21,26)(H,23,25);11-12,21H,1-10,16H2,(H,18,20)/t15-;12-/m11/s1. The Morgan fingerprint density at radius 1 is 0.784 bits per heavy atom. The maximum Gasteiger partial charge on any atom is 0.408 e. The Kier molecular flexibility index (Phi) is 18.3. The minimum atomic E-state index is -0.590. The monoisotopic (exact) mass is 720 g/mol. The Hall–Kier alpha value is -3.63. The van der Waals surface area contributed by atoms with Gasteiger partial charge in [-0.25, -0.2) is 15.8 Å². The van der Waals surface area contributed by atoms with Crippen molar-refractivity contribution in [2.24, 2.45) is 17.6 Å². The third-order valence-electron chi connectivity index (χ3n) is 9.53. The summed E-state index contributed by atoms with van der Waals surface area (Å²) in [6, 6.07) is 0. The van der Waals surface area contributed by atoms with Crippen molar-refractivity contribution in [1.29, 1.82) is 0 Å². The van der Waals surface area contributed by atoms with Crippen LogP contribution in [-0.4, -0.2) is 54.2 Å². The molecule has 288 valence electrons. The molecule has 51 heavy (non-hydrogen) atoms. The highest BCUT2D eigenvalue weighted by Crippen LogP contribution is 2.32. The summed E-state index contributed by atoms with van der Waals surface area (Å²) in [4.78, 5) is 43.4. The van der Waals surface area contributed by atoms with Gasteiger partial charge in [0.1, 0.15) is 5.60 Å². The molecule has 0 bridgehead atoms. The summed E-state index contributed by atoms with van der Waals surface area (Å²) in [6.45, 7) is 5.62. The maximum absolute atomic E-state index is 11.7. The van der Waals surface area contributed by atoms with Gasteiger partial charge >= 0.3 is 6.09 Å². The molecule has 0 spiro atoms. The molecule has 0 unspecified atom stereocenters. The van der Waals surface area contributed by atoms with Gasteiger partial charge in [0, 0.05) is 24.7 Å². The Morgan fingerprint density at radius 2 is 1.24 bits per heavy atom. The van der Waals surface area contributed by atoms with E-state index in [4.69, 9.17) is 29.9 Å². The summed E-state index contributed by atoms with van der Waals surface area (Å²) in [5.41, 5.74) is 8.24. The zero-order valence-corrected chi connectivity index (χ0v) is 30.7. The van der Waals surface area contributed by atoms with Crippen LogP contribution in [0, 0.1) is 11.8 Å². The molecule has 4 rings (SSSR count). The minimum Gasteiger partial charge on any atom is -0.444 e. The van der Waals surface area contributed by atoms with Crippen LogP contribution in [0.5, 0.6) is 0 Å². The van der Waals surface area contributed by atoms with E-state index in [2.05, 4.69) is 25.6 Å². The number of rotatable bonds is 17. The molecular formula is C35H60N8O8. The summed E-state index contributed by atoms with van der Waals surface area (Å²) < 4.78 is 15.7. The van der Waals surface area contributed by atoms with E-state index in [0.717, 1.165) is 43.9 Å². The molecule has 2 fully saturated rings. The lowest BCUT2D eigenvalue weighted by molar-refractivity contribution is -0.130. The molecule has 0 aliphatic heterocycles. The highest BCUT2D eigenvalue weighted by molar-refractivity contribution is 5.75. The number of alkyl carbamates (subject to hydrolysis) is 1. The molecule has 7 N–H and O–H groups in total. The second-order valence-electron chi connectivity index (χ2n) is 14.9. The highest BCUT2D eigenvalue weighted by Gasteiger charge is 2.25. The molecule has 3 amide bonds. The van der Waals surface area contributed by atoms with Crippen LogP contribution in [0.2, 0.25) is 0 Å². The van der Waals surface area contributed by atoms with Crippen molar-refractivity contribution in [3.63, 3.8) is 0 Å². The van der Waals surface area contributed by atoms with E-state index >= 15 is 0 Å². The number of nitrogens with two attached hydrogens (primary N) is 1. The zero-order valence-electron chi connectivity index (χ0n) is 30.7. The topological polar surface area (TPSA) is 241 Å². The number of amides is 3. The largest absolute Gasteiger partial charge is 0.444 e. The molecule has 2 aromatic rings. The van der Waals surface area contributed by atoms with Crippen molar-refractivity contribution in [3.05, 3.63) is 23.4 Å². The van der Waals surface area contributed by atoms with Crippen molar-refractivity contribution < 1.29 is 38.6 Å². The van der Waals surface area contributed by atoms with Gasteiger partial charge in [0.2, 0.25) is 23.6 Å². The average Bonchev–Trinajstić information content (AvgIpc) is 3.81. The van der Waals surface area contributed by atoms with E-state index < -0.39 is 23.5 Å². The summed E-state index contributed by atoms with van der Waals surface area (Å²) in [7, 11) is 0. The molecule has 0 aromatic carbocycles. The number of carbonyl (C=O) groups is 3. The van der Waals surface area contributed by atoms with Gasteiger partial charge in [0.25, 0.3) is 0 Å². The lowest BCUT2D eigenvalue weighted by Gasteiger charge is -2.22. The van der Waals surface area contributed by atoms with Crippen LogP contribution < -0.4 is 22.0 Å². The van der Waals surface area contributed by atoms with Crippen molar-refractivity contribution in [2.45, 2.75) is 167 Å². The number of ether oxygens (including phenoxy) is 1. The van der Waals surface area contributed by atoms with Crippen molar-refractivity contribution in [3.8, 4) is 0 Å². The summed E-state index contributed by atoms with van der Waals surface area (Å²) >= 11 is 0. The number of aromatic nitrogens is 4. The molecule has 2 aliphatic carbocycles. The fourth-order valence-electron chi connectivity index (χ4n) is 6.91. The first kappa shape index (κ1) is 41.8. The van der Waals surface area contributed by atoms with Crippen LogP contribution in [-0.2, 0) is 27.4 Å². The molecule has 2 saturated carbocycles. The van der Waals surface area contributed by atoms with Crippen molar-refractivity contribution >= 4 is 17.9 Å². The minimum absolute atomic E-state index is 0.0689. The van der Waals surface area contributed by atoms with E-state index in [0.29, 0.717) is 23.4 Å². The molecule has 2 aliphatic rings. The normalized spacial score (nSPS) is 16.7. The molecule has 0 saturated heterocycles. The SMILES string of the molecule is CC(C)(C)OC(=O)NCc1noc([C@H](CCCC2CCCCC2)CC(=O)NO)n1.NCc1noc([C@H](CCCC2CCCCC2)CC(=O)NO)n1. The smallest absolute Gasteiger partial charge is 0.408 e. The van der Waals surface area contributed by atoms with Crippen LogP contribution >= 0.6 is 0 Å². The zero-order chi connectivity index (χ0) is 37.1. The predicted octanol–water partition coefficient (Wildman–Crippen LogP) is 6.08. The van der Waals surface area contributed by atoms with Crippen LogP contribution in [0.1, 0.15) is 172 Å². The molecule has 2 atom stereocenters. The van der Waals surface area contributed by atoms with Gasteiger partial charge in [-0.3, -0.25) is 20.0 Å². The lowest BCUT2D eigenvalue weighted by Crippen LogP contribution is -2.32. The van der Waals surface area contributed by atoms with Crippen LogP contribution in [0.4, 0.5) is 4.79 Å². The number of nitrogens with zero attached hydrogens (tertiary/aromatic N) is 4. The van der Waals surface area contributed by atoms with E-state index in [9.17, 15) is 14.4 Å². The van der Waals surface area contributed by atoms with E-state index in [1.54, 1.807) is 31.7 Å². The van der Waals surface area contributed by atoms with Gasteiger partial charge in [0.15, 0.2) is 11.6 Å². The lowest BCUT2D eigenvalue weighted by atomic mass is 9.84. The fraction of sp³-hybridized carbons (Fsp3) is 0.800. The first-order valence-corrected chi connectivity index (χ1v) is 18.7. The van der Waals surface area contributed by atoms with Gasteiger partial charge in [-0.05, 0) is 45.4 Å². The fourth-order valence-corrected chi connectivity index (χ4v) is 6.91. The Bertz CT molecular complexity index is 1300. The average molecular weight is 721 g/mol. The number of hydrogen-bond acceptors (Lipinski definition) is 13. The van der Waals surface area contributed by atoms with Crippen LogP contribution in [0.25, 0.3) is 0 Å². The molecule has 2 heterocycles. The highest BCUT2D eigenvalue weighted by atomic mass is 16.6. The first-order chi connectivity index (χ1) is 24.5. The van der Waals surface area contributed by atoms with E-state index in [-0.39, 0.29) is 37.8 Å². The maximum atomic E-state index is 11.7. The molecule has 16 nitrogen and oxygen atoms in total. The Morgan fingerprint density at radius 3 is 1.65 bits per heavy atom. The molecule has 2 aromatic heterocycles. The van der Waals surface area contributed by atoms with E-state index in [1.807, 2.05) is 0 Å². The molecule has 16 heteroatoms. The number of carbonyl (C=O) groups excluding carboxylic acids is 3. The number of hydroxylamine groups is 2.